The SMILES string of the molecule is CCCNC1CCN(c2cc(Br)c(F)cc2F)C(C)C1. The second-order valence-electron chi connectivity index (χ2n) is 5.44. The van der Waals surface area contributed by atoms with Gasteiger partial charge >= 0.3 is 0 Å². The van der Waals surface area contributed by atoms with Crippen LogP contribution in [0.25, 0.3) is 0 Å². The van der Waals surface area contributed by atoms with Gasteiger partial charge in [-0.2, -0.15) is 0 Å². The zero-order valence-electron chi connectivity index (χ0n) is 11.9. The summed E-state index contributed by atoms with van der Waals surface area (Å²) in [6, 6.07) is 3.23. The Labute approximate surface area is 127 Å². The fraction of sp³-hybridized carbons (Fsp3) is 0.600. The van der Waals surface area contributed by atoms with Gasteiger partial charge in [-0.05, 0) is 54.7 Å². The smallest absolute Gasteiger partial charge is 0.149 e. The number of piperidine rings is 1. The molecular weight excluding hydrogens is 326 g/mol. The average molecular weight is 347 g/mol. The third kappa shape index (κ3) is 3.50. The van der Waals surface area contributed by atoms with Crippen molar-refractivity contribution in [1.29, 1.82) is 0 Å². The van der Waals surface area contributed by atoms with E-state index in [0.29, 0.717) is 16.2 Å². The molecule has 0 aromatic heterocycles. The van der Waals surface area contributed by atoms with Gasteiger partial charge in [-0.1, -0.05) is 6.92 Å². The van der Waals surface area contributed by atoms with Gasteiger partial charge in [-0.3, -0.25) is 0 Å². The minimum atomic E-state index is -0.557. The van der Waals surface area contributed by atoms with Crippen LogP contribution in [0.1, 0.15) is 33.1 Å². The minimum absolute atomic E-state index is 0.241. The molecule has 5 heteroatoms. The van der Waals surface area contributed by atoms with E-state index < -0.39 is 11.6 Å². The second-order valence-corrected chi connectivity index (χ2v) is 6.29. The van der Waals surface area contributed by atoms with Crippen LogP contribution in [0.4, 0.5) is 14.5 Å². The number of rotatable bonds is 4. The van der Waals surface area contributed by atoms with E-state index in [2.05, 4.69) is 35.1 Å². The fourth-order valence-corrected chi connectivity index (χ4v) is 3.13. The van der Waals surface area contributed by atoms with Crippen molar-refractivity contribution < 1.29 is 8.78 Å². The van der Waals surface area contributed by atoms with Crippen molar-refractivity contribution in [2.75, 3.05) is 18.0 Å². The van der Waals surface area contributed by atoms with Crippen LogP contribution in [-0.2, 0) is 0 Å². The highest BCUT2D eigenvalue weighted by atomic mass is 79.9. The molecular formula is C15H21BrF2N2. The molecule has 112 valence electrons. The maximum atomic E-state index is 14.0. The molecule has 20 heavy (non-hydrogen) atoms. The van der Waals surface area contributed by atoms with Crippen molar-refractivity contribution in [1.82, 2.24) is 5.32 Å². The summed E-state index contributed by atoms with van der Waals surface area (Å²) < 4.78 is 27.6. The predicted octanol–water partition coefficient (Wildman–Crippen LogP) is 4.08. The Morgan fingerprint density at radius 1 is 1.35 bits per heavy atom. The first kappa shape index (κ1) is 15.7. The van der Waals surface area contributed by atoms with Gasteiger partial charge in [0.15, 0.2) is 0 Å². The summed E-state index contributed by atoms with van der Waals surface area (Å²) in [4.78, 5) is 2.03. The van der Waals surface area contributed by atoms with Crippen LogP contribution in [0.3, 0.4) is 0 Å². The monoisotopic (exact) mass is 346 g/mol. The topological polar surface area (TPSA) is 15.3 Å². The maximum Gasteiger partial charge on any atom is 0.149 e. The molecule has 1 aliphatic rings. The molecule has 2 atom stereocenters. The first-order chi connectivity index (χ1) is 9.52. The highest BCUT2D eigenvalue weighted by Gasteiger charge is 2.27. The quantitative estimate of drug-likeness (QED) is 0.826. The van der Waals surface area contributed by atoms with Crippen molar-refractivity contribution in [3.05, 3.63) is 28.2 Å². The van der Waals surface area contributed by atoms with E-state index in [9.17, 15) is 8.78 Å². The Balaban J connectivity index is 2.09. The predicted molar refractivity (Wildman–Crippen MR) is 82.2 cm³/mol. The van der Waals surface area contributed by atoms with Gasteiger partial charge in [0.1, 0.15) is 11.6 Å². The Kier molecular flexibility index (Phi) is 5.38. The summed E-state index contributed by atoms with van der Waals surface area (Å²) >= 11 is 3.13. The number of benzene rings is 1. The van der Waals surface area contributed by atoms with Crippen LogP contribution in [0.2, 0.25) is 0 Å². The highest BCUT2D eigenvalue weighted by molar-refractivity contribution is 9.10. The van der Waals surface area contributed by atoms with E-state index in [1.165, 1.54) is 0 Å². The molecule has 1 saturated heterocycles. The number of nitrogens with one attached hydrogen (secondary N) is 1. The van der Waals surface area contributed by atoms with Crippen LogP contribution in [-0.4, -0.2) is 25.2 Å². The van der Waals surface area contributed by atoms with Crippen LogP contribution in [0.5, 0.6) is 0 Å². The minimum Gasteiger partial charge on any atom is -0.366 e. The summed E-state index contributed by atoms with van der Waals surface area (Å²) in [6.45, 7) is 6.05. The van der Waals surface area contributed by atoms with Crippen LogP contribution in [0, 0.1) is 11.6 Å². The van der Waals surface area contributed by atoms with E-state index in [1.54, 1.807) is 6.07 Å². The van der Waals surface area contributed by atoms with Gasteiger partial charge in [-0.25, -0.2) is 8.78 Å². The number of nitrogens with zero attached hydrogens (tertiary/aromatic N) is 1. The lowest BCUT2D eigenvalue weighted by atomic mass is 9.97. The lowest BCUT2D eigenvalue weighted by molar-refractivity contribution is 0.366. The Hall–Kier alpha value is -0.680. The zero-order chi connectivity index (χ0) is 14.7. The van der Waals surface area contributed by atoms with Gasteiger partial charge in [-0.15, -0.1) is 0 Å². The largest absolute Gasteiger partial charge is 0.366 e. The third-order valence-electron chi connectivity index (χ3n) is 3.86. The van der Waals surface area contributed by atoms with Crippen LogP contribution < -0.4 is 10.2 Å². The van der Waals surface area contributed by atoms with Gasteiger partial charge in [0.05, 0.1) is 10.2 Å². The molecule has 2 rings (SSSR count). The van der Waals surface area contributed by atoms with Crippen LogP contribution >= 0.6 is 15.9 Å². The number of hydrogen-bond donors (Lipinski definition) is 1. The van der Waals surface area contributed by atoms with Crippen molar-refractivity contribution in [3.63, 3.8) is 0 Å². The van der Waals surface area contributed by atoms with Crippen molar-refractivity contribution in [3.8, 4) is 0 Å². The lowest BCUT2D eigenvalue weighted by Gasteiger charge is -2.39. The molecule has 1 aliphatic heterocycles. The van der Waals surface area contributed by atoms with Gasteiger partial charge in [0.2, 0.25) is 0 Å². The van der Waals surface area contributed by atoms with Crippen molar-refractivity contribution in [2.45, 2.75) is 45.2 Å². The molecule has 0 aliphatic carbocycles. The van der Waals surface area contributed by atoms with E-state index in [-0.39, 0.29) is 6.04 Å². The Morgan fingerprint density at radius 3 is 2.75 bits per heavy atom. The van der Waals surface area contributed by atoms with E-state index in [1.807, 2.05) is 4.90 Å². The molecule has 0 amide bonds. The van der Waals surface area contributed by atoms with E-state index in [0.717, 1.165) is 38.4 Å². The molecule has 1 N–H and O–H groups in total. The molecule has 0 spiro atoms. The fourth-order valence-electron chi connectivity index (χ4n) is 2.80. The van der Waals surface area contributed by atoms with Gasteiger partial charge in [0.25, 0.3) is 0 Å². The van der Waals surface area contributed by atoms with Gasteiger partial charge < -0.3 is 10.2 Å². The summed E-state index contributed by atoms with van der Waals surface area (Å²) in [6.07, 6.45) is 3.08. The molecule has 1 aromatic rings. The summed E-state index contributed by atoms with van der Waals surface area (Å²) in [5, 5.41) is 3.52. The molecule has 2 unspecified atom stereocenters. The lowest BCUT2D eigenvalue weighted by Crippen LogP contribution is -2.48. The average Bonchev–Trinajstić information content (AvgIpc) is 2.41. The molecule has 0 radical (unpaired) electrons. The summed E-state index contributed by atoms with van der Waals surface area (Å²) in [5.74, 6) is -1.05. The van der Waals surface area contributed by atoms with Crippen molar-refractivity contribution in [2.24, 2.45) is 0 Å². The third-order valence-corrected chi connectivity index (χ3v) is 4.47. The Bertz CT molecular complexity index is 467. The molecule has 1 aromatic carbocycles. The zero-order valence-corrected chi connectivity index (χ0v) is 13.5. The van der Waals surface area contributed by atoms with E-state index in [4.69, 9.17) is 0 Å². The number of anilines is 1. The van der Waals surface area contributed by atoms with Gasteiger partial charge in [0, 0.05) is 24.7 Å². The first-order valence-electron chi connectivity index (χ1n) is 7.17. The van der Waals surface area contributed by atoms with Crippen LogP contribution in [0.15, 0.2) is 16.6 Å². The number of hydrogen-bond acceptors (Lipinski definition) is 2. The Morgan fingerprint density at radius 2 is 2.10 bits per heavy atom. The van der Waals surface area contributed by atoms with Crippen molar-refractivity contribution >= 4 is 21.6 Å². The number of halogens is 3. The maximum absolute atomic E-state index is 14.0. The summed E-state index contributed by atoms with van der Waals surface area (Å²) in [7, 11) is 0. The normalized spacial score (nSPS) is 23.1. The van der Waals surface area contributed by atoms with E-state index >= 15 is 0 Å². The first-order valence-corrected chi connectivity index (χ1v) is 7.96. The highest BCUT2D eigenvalue weighted by Crippen LogP contribution is 2.31. The molecule has 2 nitrogen and oxygen atoms in total. The standard InChI is InChI=1S/C15H21BrF2N2/c1-3-5-19-11-4-6-20(10(2)7-11)15-8-12(16)13(17)9-14(15)18/h8-11,19H,3-7H2,1-2H3. The molecule has 0 saturated carbocycles. The molecule has 0 bridgehead atoms. The molecule has 1 heterocycles. The summed E-state index contributed by atoms with van der Waals surface area (Å²) in [5.41, 5.74) is 0.486. The second kappa shape index (κ2) is 6.85. The molecule has 1 fully saturated rings.